The summed E-state index contributed by atoms with van der Waals surface area (Å²) in [6, 6.07) is 12.5. The lowest BCUT2D eigenvalue weighted by Crippen LogP contribution is -3.08. The van der Waals surface area contributed by atoms with Crippen molar-refractivity contribution >= 4 is 5.91 Å². The summed E-state index contributed by atoms with van der Waals surface area (Å²) >= 11 is 0. The van der Waals surface area contributed by atoms with Crippen LogP contribution in [0.4, 0.5) is 0 Å². The standard InChI is InChI=1S/C19H24N2O2/c1-14-10-11-16(23-14)12-21(2)13-19(22)20-18-9-5-7-15-6-3-4-8-17(15)18/h3-4,6,8,10-11,18H,5,7,9,12-13H2,1-2H3,(H,20,22)/p+1/t18-/m0/s1. The van der Waals surface area contributed by atoms with Crippen LogP contribution in [-0.2, 0) is 17.8 Å². The first-order valence-electron chi connectivity index (χ1n) is 8.35. The monoisotopic (exact) mass is 313 g/mol. The second kappa shape index (κ2) is 7.01. The topological polar surface area (TPSA) is 46.7 Å². The van der Waals surface area contributed by atoms with Crippen LogP contribution >= 0.6 is 0 Å². The van der Waals surface area contributed by atoms with Gasteiger partial charge in [0.2, 0.25) is 0 Å². The van der Waals surface area contributed by atoms with Crippen molar-refractivity contribution in [1.82, 2.24) is 5.32 Å². The highest BCUT2D eigenvalue weighted by Gasteiger charge is 2.22. The van der Waals surface area contributed by atoms with Crippen LogP contribution in [0.1, 0.15) is 41.5 Å². The average molecular weight is 313 g/mol. The second-order valence-corrected chi connectivity index (χ2v) is 6.53. The highest BCUT2D eigenvalue weighted by molar-refractivity contribution is 5.77. The SMILES string of the molecule is Cc1ccc(C[NH+](C)CC(=O)N[C@H]2CCCc3ccccc32)o1. The number of nitrogens with one attached hydrogen (secondary N) is 2. The van der Waals surface area contributed by atoms with Crippen molar-refractivity contribution in [3.8, 4) is 0 Å². The van der Waals surface area contributed by atoms with Crippen molar-refractivity contribution in [2.75, 3.05) is 13.6 Å². The number of benzene rings is 1. The summed E-state index contributed by atoms with van der Waals surface area (Å²) in [4.78, 5) is 13.5. The number of rotatable bonds is 5. The van der Waals surface area contributed by atoms with E-state index in [9.17, 15) is 4.79 Å². The van der Waals surface area contributed by atoms with Crippen LogP contribution in [0.15, 0.2) is 40.8 Å². The van der Waals surface area contributed by atoms with Gasteiger partial charge in [0.15, 0.2) is 12.3 Å². The first kappa shape index (κ1) is 15.8. The van der Waals surface area contributed by atoms with Gasteiger partial charge in [-0.15, -0.1) is 0 Å². The van der Waals surface area contributed by atoms with Crippen molar-refractivity contribution < 1.29 is 14.1 Å². The summed E-state index contributed by atoms with van der Waals surface area (Å²) in [7, 11) is 2.02. The van der Waals surface area contributed by atoms with Crippen LogP contribution in [0.2, 0.25) is 0 Å². The minimum absolute atomic E-state index is 0.104. The molecule has 2 N–H and O–H groups in total. The normalized spacial score (nSPS) is 18.3. The quantitative estimate of drug-likeness (QED) is 0.884. The van der Waals surface area contributed by atoms with Crippen molar-refractivity contribution in [3.63, 3.8) is 0 Å². The summed E-state index contributed by atoms with van der Waals surface area (Å²) < 4.78 is 5.58. The van der Waals surface area contributed by atoms with Gasteiger partial charge in [-0.2, -0.15) is 0 Å². The molecule has 1 aromatic heterocycles. The zero-order chi connectivity index (χ0) is 16.2. The Balaban J connectivity index is 1.55. The van der Waals surface area contributed by atoms with Gasteiger partial charge in [0.25, 0.3) is 5.91 Å². The van der Waals surface area contributed by atoms with E-state index in [1.807, 2.05) is 26.1 Å². The molecule has 23 heavy (non-hydrogen) atoms. The Hall–Kier alpha value is -2.07. The van der Waals surface area contributed by atoms with E-state index >= 15 is 0 Å². The summed E-state index contributed by atoms with van der Waals surface area (Å²) in [6.07, 6.45) is 3.28. The van der Waals surface area contributed by atoms with Crippen molar-refractivity contribution in [2.45, 2.75) is 38.8 Å². The molecule has 1 aliphatic rings. The molecule has 0 saturated heterocycles. The van der Waals surface area contributed by atoms with Crippen LogP contribution in [0.3, 0.4) is 0 Å². The molecule has 3 rings (SSSR count). The van der Waals surface area contributed by atoms with Crippen LogP contribution in [0, 0.1) is 6.92 Å². The maximum atomic E-state index is 12.4. The molecular weight excluding hydrogens is 288 g/mol. The lowest BCUT2D eigenvalue weighted by atomic mass is 9.88. The summed E-state index contributed by atoms with van der Waals surface area (Å²) in [5.41, 5.74) is 2.65. The Bertz CT molecular complexity index is 678. The van der Waals surface area contributed by atoms with Gasteiger partial charge in [-0.05, 0) is 49.4 Å². The number of hydrogen-bond donors (Lipinski definition) is 2. The number of carbonyl (C=O) groups excluding carboxylic acids is 1. The third kappa shape index (κ3) is 4.02. The average Bonchev–Trinajstić information content (AvgIpc) is 2.92. The molecule has 0 aliphatic heterocycles. The molecular formula is C19H25N2O2+. The minimum Gasteiger partial charge on any atom is -0.460 e. The molecule has 1 heterocycles. The number of furan rings is 1. The molecule has 4 heteroatoms. The van der Waals surface area contributed by atoms with E-state index in [-0.39, 0.29) is 11.9 Å². The number of hydrogen-bond acceptors (Lipinski definition) is 2. The fourth-order valence-corrected chi connectivity index (χ4v) is 3.36. The van der Waals surface area contributed by atoms with E-state index in [2.05, 4.69) is 29.6 Å². The second-order valence-electron chi connectivity index (χ2n) is 6.53. The van der Waals surface area contributed by atoms with Crippen LogP contribution in [0.25, 0.3) is 0 Å². The highest BCUT2D eigenvalue weighted by atomic mass is 16.3. The number of aryl methyl sites for hydroxylation is 2. The number of amides is 1. The van der Waals surface area contributed by atoms with Gasteiger partial charge in [0, 0.05) is 0 Å². The Morgan fingerprint density at radius 1 is 1.30 bits per heavy atom. The molecule has 4 nitrogen and oxygen atoms in total. The number of quaternary nitrogens is 1. The maximum absolute atomic E-state index is 12.4. The van der Waals surface area contributed by atoms with Gasteiger partial charge in [-0.1, -0.05) is 24.3 Å². The zero-order valence-electron chi connectivity index (χ0n) is 13.9. The Morgan fingerprint density at radius 2 is 2.13 bits per heavy atom. The van der Waals surface area contributed by atoms with E-state index in [0.29, 0.717) is 6.54 Å². The Kier molecular flexibility index (Phi) is 4.82. The molecule has 2 atom stereocenters. The maximum Gasteiger partial charge on any atom is 0.275 e. The summed E-state index contributed by atoms with van der Waals surface area (Å²) in [5, 5.41) is 3.21. The molecule has 1 aliphatic carbocycles. The lowest BCUT2D eigenvalue weighted by Gasteiger charge is -2.26. The Labute approximate surface area is 137 Å². The van der Waals surface area contributed by atoms with Crippen molar-refractivity contribution in [3.05, 3.63) is 59.0 Å². The number of fused-ring (bicyclic) bond motifs is 1. The predicted molar refractivity (Wildman–Crippen MR) is 89.2 cm³/mol. The molecule has 2 aromatic rings. The molecule has 0 saturated carbocycles. The highest BCUT2D eigenvalue weighted by Crippen LogP contribution is 2.29. The molecule has 1 amide bonds. The molecule has 0 fully saturated rings. The number of likely N-dealkylation sites (N-methyl/N-ethyl adjacent to an activating group) is 1. The minimum atomic E-state index is 0.104. The van der Waals surface area contributed by atoms with Gasteiger partial charge in [-0.25, -0.2) is 0 Å². The van der Waals surface area contributed by atoms with Gasteiger partial charge in [-0.3, -0.25) is 4.79 Å². The molecule has 122 valence electrons. The zero-order valence-corrected chi connectivity index (χ0v) is 13.9. The van der Waals surface area contributed by atoms with E-state index in [1.165, 1.54) is 11.1 Å². The van der Waals surface area contributed by atoms with Gasteiger partial charge >= 0.3 is 0 Å². The summed E-state index contributed by atoms with van der Waals surface area (Å²) in [6.45, 7) is 3.12. The fraction of sp³-hybridized carbons (Fsp3) is 0.421. The summed E-state index contributed by atoms with van der Waals surface area (Å²) in [5.74, 6) is 1.94. The van der Waals surface area contributed by atoms with Crippen LogP contribution in [0.5, 0.6) is 0 Å². The largest absolute Gasteiger partial charge is 0.460 e. The third-order valence-corrected chi connectivity index (χ3v) is 4.44. The van der Waals surface area contributed by atoms with Gasteiger partial charge in [0.05, 0.1) is 13.1 Å². The smallest absolute Gasteiger partial charge is 0.275 e. The van der Waals surface area contributed by atoms with Crippen LogP contribution in [-0.4, -0.2) is 19.5 Å². The van der Waals surface area contributed by atoms with E-state index in [4.69, 9.17) is 4.42 Å². The van der Waals surface area contributed by atoms with Gasteiger partial charge in [0.1, 0.15) is 12.3 Å². The van der Waals surface area contributed by atoms with E-state index < -0.39 is 0 Å². The lowest BCUT2D eigenvalue weighted by molar-refractivity contribution is -0.886. The molecule has 0 radical (unpaired) electrons. The molecule has 1 unspecified atom stereocenters. The molecule has 1 aromatic carbocycles. The van der Waals surface area contributed by atoms with Crippen LogP contribution < -0.4 is 10.2 Å². The first-order valence-corrected chi connectivity index (χ1v) is 8.35. The first-order chi connectivity index (χ1) is 11.1. The van der Waals surface area contributed by atoms with Crippen molar-refractivity contribution in [2.24, 2.45) is 0 Å². The van der Waals surface area contributed by atoms with Crippen molar-refractivity contribution in [1.29, 1.82) is 0 Å². The number of carbonyl (C=O) groups is 1. The fourth-order valence-electron chi connectivity index (χ4n) is 3.36. The molecule has 0 bridgehead atoms. The Morgan fingerprint density at radius 3 is 2.91 bits per heavy atom. The van der Waals surface area contributed by atoms with E-state index in [1.54, 1.807) is 0 Å². The van der Waals surface area contributed by atoms with E-state index in [0.717, 1.165) is 42.2 Å². The third-order valence-electron chi connectivity index (χ3n) is 4.44. The predicted octanol–water partition coefficient (Wildman–Crippen LogP) is 1.80. The van der Waals surface area contributed by atoms with Gasteiger partial charge < -0.3 is 14.6 Å². The molecule has 0 spiro atoms.